The molecule has 0 aromatic carbocycles. The molecule has 2 rings (SSSR count). The van der Waals surface area contributed by atoms with Crippen molar-refractivity contribution < 1.29 is 0 Å². The molecule has 0 saturated carbocycles. The number of hydrogen-bond donors (Lipinski definition) is 1. The van der Waals surface area contributed by atoms with Crippen molar-refractivity contribution in [1.29, 1.82) is 0 Å². The molecule has 5 nitrogen and oxygen atoms in total. The summed E-state index contributed by atoms with van der Waals surface area (Å²) in [5.74, 6) is 0.937. The summed E-state index contributed by atoms with van der Waals surface area (Å²) in [6.07, 6.45) is 8.28. The molecule has 1 N–H and O–H groups in total. The van der Waals surface area contributed by atoms with Gasteiger partial charge >= 0.3 is 0 Å². The van der Waals surface area contributed by atoms with Crippen LogP contribution in [0.15, 0.2) is 18.6 Å². The average molecular weight is 247 g/mol. The minimum Gasteiger partial charge on any atom is -0.351 e. The SMILES string of the molecule is CCCCn1ccnc1NCc1cn(C)nc1C. The van der Waals surface area contributed by atoms with Crippen molar-refractivity contribution >= 4 is 5.95 Å². The first-order chi connectivity index (χ1) is 8.70. The molecule has 0 fully saturated rings. The Morgan fingerprint density at radius 1 is 1.39 bits per heavy atom. The molecule has 2 aromatic rings. The molecule has 0 bridgehead atoms. The molecular formula is C13H21N5. The predicted octanol–water partition coefficient (Wildman–Crippen LogP) is 2.34. The van der Waals surface area contributed by atoms with Gasteiger partial charge in [-0.25, -0.2) is 4.98 Å². The van der Waals surface area contributed by atoms with Crippen LogP contribution in [0.3, 0.4) is 0 Å². The second-order valence-corrected chi connectivity index (χ2v) is 4.56. The first-order valence-corrected chi connectivity index (χ1v) is 6.45. The Hall–Kier alpha value is -1.78. The van der Waals surface area contributed by atoms with Crippen molar-refractivity contribution in [3.05, 3.63) is 29.8 Å². The summed E-state index contributed by atoms with van der Waals surface area (Å²) in [7, 11) is 1.94. The van der Waals surface area contributed by atoms with E-state index in [2.05, 4.69) is 26.9 Å². The van der Waals surface area contributed by atoms with E-state index in [1.165, 1.54) is 18.4 Å². The Morgan fingerprint density at radius 3 is 2.89 bits per heavy atom. The summed E-state index contributed by atoms with van der Waals surface area (Å²) in [6.45, 7) is 6.01. The van der Waals surface area contributed by atoms with Crippen LogP contribution in [0.4, 0.5) is 5.95 Å². The van der Waals surface area contributed by atoms with Crippen LogP contribution >= 0.6 is 0 Å². The molecule has 0 aliphatic heterocycles. The van der Waals surface area contributed by atoms with E-state index in [0.29, 0.717) is 0 Å². The van der Waals surface area contributed by atoms with Crippen LogP contribution in [0.1, 0.15) is 31.0 Å². The van der Waals surface area contributed by atoms with Gasteiger partial charge in [-0.05, 0) is 13.3 Å². The van der Waals surface area contributed by atoms with Gasteiger partial charge in [0.2, 0.25) is 5.95 Å². The highest BCUT2D eigenvalue weighted by Crippen LogP contribution is 2.10. The molecule has 5 heteroatoms. The zero-order valence-electron chi connectivity index (χ0n) is 11.3. The van der Waals surface area contributed by atoms with Crippen LogP contribution in [-0.2, 0) is 20.1 Å². The van der Waals surface area contributed by atoms with Gasteiger partial charge in [0.15, 0.2) is 0 Å². The van der Waals surface area contributed by atoms with Crippen LogP contribution in [0.25, 0.3) is 0 Å². The molecule has 0 atom stereocenters. The number of hydrogen-bond acceptors (Lipinski definition) is 3. The minimum absolute atomic E-state index is 0.767. The zero-order chi connectivity index (χ0) is 13.0. The molecule has 98 valence electrons. The first-order valence-electron chi connectivity index (χ1n) is 6.45. The van der Waals surface area contributed by atoms with Gasteiger partial charge in [0.05, 0.1) is 5.69 Å². The van der Waals surface area contributed by atoms with Crippen LogP contribution in [0, 0.1) is 6.92 Å². The molecule has 0 saturated heterocycles. The lowest BCUT2D eigenvalue weighted by Gasteiger charge is -2.08. The predicted molar refractivity (Wildman–Crippen MR) is 72.4 cm³/mol. The largest absolute Gasteiger partial charge is 0.351 e. The van der Waals surface area contributed by atoms with E-state index in [4.69, 9.17) is 0 Å². The molecular weight excluding hydrogens is 226 g/mol. The summed E-state index contributed by atoms with van der Waals surface area (Å²) in [5.41, 5.74) is 2.28. The Balaban J connectivity index is 1.97. The highest BCUT2D eigenvalue weighted by Gasteiger charge is 2.05. The maximum atomic E-state index is 4.35. The molecule has 0 unspecified atom stereocenters. The molecule has 2 aromatic heterocycles. The third-order valence-corrected chi connectivity index (χ3v) is 3.02. The van der Waals surface area contributed by atoms with E-state index in [1.54, 1.807) is 0 Å². The van der Waals surface area contributed by atoms with Gasteiger partial charge < -0.3 is 9.88 Å². The van der Waals surface area contributed by atoms with Gasteiger partial charge in [-0.1, -0.05) is 13.3 Å². The van der Waals surface area contributed by atoms with Gasteiger partial charge in [-0.3, -0.25) is 4.68 Å². The fourth-order valence-electron chi connectivity index (χ4n) is 1.98. The van der Waals surface area contributed by atoms with E-state index in [1.807, 2.05) is 37.2 Å². The van der Waals surface area contributed by atoms with E-state index in [9.17, 15) is 0 Å². The lowest BCUT2D eigenvalue weighted by atomic mass is 10.3. The van der Waals surface area contributed by atoms with Crippen LogP contribution in [0.2, 0.25) is 0 Å². The normalized spacial score (nSPS) is 10.8. The van der Waals surface area contributed by atoms with Gasteiger partial charge in [0.1, 0.15) is 0 Å². The van der Waals surface area contributed by atoms with Crippen molar-refractivity contribution in [1.82, 2.24) is 19.3 Å². The third kappa shape index (κ3) is 2.91. The summed E-state index contributed by atoms with van der Waals surface area (Å²) < 4.78 is 4.01. The number of nitrogens with zero attached hydrogens (tertiary/aromatic N) is 4. The van der Waals surface area contributed by atoms with E-state index >= 15 is 0 Å². The molecule has 0 spiro atoms. The van der Waals surface area contributed by atoms with Crippen LogP contribution < -0.4 is 5.32 Å². The summed E-state index contributed by atoms with van der Waals surface area (Å²) in [4.78, 5) is 4.35. The number of rotatable bonds is 6. The molecule has 0 aliphatic carbocycles. The van der Waals surface area contributed by atoms with Crippen molar-refractivity contribution in [3.8, 4) is 0 Å². The van der Waals surface area contributed by atoms with E-state index in [-0.39, 0.29) is 0 Å². The number of nitrogens with one attached hydrogen (secondary N) is 1. The van der Waals surface area contributed by atoms with Crippen LogP contribution in [-0.4, -0.2) is 19.3 Å². The highest BCUT2D eigenvalue weighted by molar-refractivity contribution is 5.29. The molecule has 0 aliphatic rings. The number of unbranched alkanes of at least 4 members (excludes halogenated alkanes) is 1. The molecule has 18 heavy (non-hydrogen) atoms. The Labute approximate surface area is 108 Å². The maximum absolute atomic E-state index is 4.35. The van der Waals surface area contributed by atoms with Crippen LogP contribution in [0.5, 0.6) is 0 Å². The summed E-state index contributed by atoms with van der Waals surface area (Å²) in [5, 5.41) is 7.70. The summed E-state index contributed by atoms with van der Waals surface area (Å²) >= 11 is 0. The van der Waals surface area contributed by atoms with Gasteiger partial charge in [-0.2, -0.15) is 5.10 Å². The van der Waals surface area contributed by atoms with Gasteiger partial charge in [0.25, 0.3) is 0 Å². The smallest absolute Gasteiger partial charge is 0.203 e. The van der Waals surface area contributed by atoms with Crippen molar-refractivity contribution in [2.45, 2.75) is 39.8 Å². The topological polar surface area (TPSA) is 47.7 Å². The fourth-order valence-corrected chi connectivity index (χ4v) is 1.98. The monoisotopic (exact) mass is 247 g/mol. The van der Waals surface area contributed by atoms with Gasteiger partial charge in [0, 0.05) is 44.3 Å². The standard InChI is InChI=1S/C13H21N5/c1-4-5-7-18-8-6-14-13(18)15-9-12-10-17(3)16-11(12)2/h6,8,10H,4-5,7,9H2,1-3H3,(H,14,15). The lowest BCUT2D eigenvalue weighted by molar-refractivity contribution is 0.635. The van der Waals surface area contributed by atoms with Crippen molar-refractivity contribution in [2.24, 2.45) is 7.05 Å². The third-order valence-electron chi connectivity index (χ3n) is 3.02. The number of aromatic nitrogens is 4. The fraction of sp³-hybridized carbons (Fsp3) is 0.538. The minimum atomic E-state index is 0.767. The Kier molecular flexibility index (Phi) is 4.02. The highest BCUT2D eigenvalue weighted by atomic mass is 15.3. The second kappa shape index (κ2) is 5.71. The molecule has 0 radical (unpaired) electrons. The Bertz CT molecular complexity index is 497. The second-order valence-electron chi connectivity index (χ2n) is 4.56. The molecule has 2 heterocycles. The maximum Gasteiger partial charge on any atom is 0.203 e. The zero-order valence-corrected chi connectivity index (χ0v) is 11.3. The number of anilines is 1. The number of imidazole rings is 1. The Morgan fingerprint density at radius 2 is 2.22 bits per heavy atom. The van der Waals surface area contributed by atoms with Crippen molar-refractivity contribution in [3.63, 3.8) is 0 Å². The summed E-state index contributed by atoms with van der Waals surface area (Å²) in [6, 6.07) is 0. The first kappa shape index (κ1) is 12.7. The quantitative estimate of drug-likeness (QED) is 0.852. The molecule has 0 amide bonds. The van der Waals surface area contributed by atoms with E-state index < -0.39 is 0 Å². The lowest BCUT2D eigenvalue weighted by Crippen LogP contribution is -2.07. The van der Waals surface area contributed by atoms with Crippen molar-refractivity contribution in [2.75, 3.05) is 5.32 Å². The average Bonchev–Trinajstić information content (AvgIpc) is 2.90. The van der Waals surface area contributed by atoms with Gasteiger partial charge in [-0.15, -0.1) is 0 Å². The van der Waals surface area contributed by atoms with E-state index in [0.717, 1.165) is 24.7 Å². The number of aryl methyl sites for hydroxylation is 3.